The van der Waals surface area contributed by atoms with Crippen molar-refractivity contribution in [1.82, 2.24) is 4.98 Å². The van der Waals surface area contributed by atoms with Gasteiger partial charge in [-0.3, -0.25) is 9.78 Å². The number of pyridine rings is 1. The van der Waals surface area contributed by atoms with Crippen LogP contribution < -0.4 is 5.32 Å². The second-order valence-corrected chi connectivity index (χ2v) is 4.49. The molecule has 0 fully saturated rings. The normalized spacial score (nSPS) is 11.6. The van der Waals surface area contributed by atoms with Gasteiger partial charge in [-0.15, -0.1) is 0 Å². The summed E-state index contributed by atoms with van der Waals surface area (Å²) in [5, 5.41) is 3.25. The van der Waals surface area contributed by atoms with Gasteiger partial charge in [-0.1, -0.05) is 6.07 Å². The molecule has 7 heteroatoms. The van der Waals surface area contributed by atoms with Crippen molar-refractivity contribution in [2.75, 3.05) is 18.5 Å². The van der Waals surface area contributed by atoms with Crippen LogP contribution in [0.1, 0.15) is 5.56 Å². The van der Waals surface area contributed by atoms with Gasteiger partial charge in [0.2, 0.25) is 5.91 Å². The van der Waals surface area contributed by atoms with Crippen molar-refractivity contribution < 1.29 is 22.7 Å². The minimum Gasteiger partial charge on any atom is -0.362 e. The summed E-state index contributed by atoms with van der Waals surface area (Å²) in [5.41, 5.74) is 2.16. The number of halogens is 3. The number of nitrogens with one attached hydrogen (secondary N) is 1. The number of fused-ring (bicyclic) bond motifs is 1. The molecule has 0 spiro atoms. The molecule has 1 aromatic carbocycles. The van der Waals surface area contributed by atoms with Gasteiger partial charge in [0.1, 0.15) is 13.2 Å². The topological polar surface area (TPSA) is 51.2 Å². The molecule has 0 aliphatic rings. The number of carbonyl (C=O) groups is 1. The third-order valence-corrected chi connectivity index (χ3v) is 2.74. The number of hydrogen-bond donors (Lipinski definition) is 1. The second kappa shape index (κ2) is 6.09. The molecular formula is C14H13F3N2O2. The average Bonchev–Trinajstić information content (AvgIpc) is 2.41. The SMILES string of the molecule is Cc1ccc(NC(=O)COCC(F)(F)F)c2cccnc12. The van der Waals surface area contributed by atoms with E-state index in [0.717, 1.165) is 16.5 Å². The maximum Gasteiger partial charge on any atom is 0.411 e. The first kappa shape index (κ1) is 15.2. The van der Waals surface area contributed by atoms with E-state index in [4.69, 9.17) is 0 Å². The van der Waals surface area contributed by atoms with Crippen LogP contribution in [-0.2, 0) is 9.53 Å². The van der Waals surface area contributed by atoms with Crippen LogP contribution in [0.25, 0.3) is 10.9 Å². The molecule has 0 unspecified atom stereocenters. The third-order valence-electron chi connectivity index (χ3n) is 2.74. The van der Waals surface area contributed by atoms with Gasteiger partial charge in [0.15, 0.2) is 0 Å². The fraction of sp³-hybridized carbons (Fsp3) is 0.286. The number of nitrogens with zero attached hydrogens (tertiary/aromatic N) is 1. The van der Waals surface area contributed by atoms with Crippen molar-refractivity contribution in [3.8, 4) is 0 Å². The van der Waals surface area contributed by atoms with Gasteiger partial charge in [0.25, 0.3) is 0 Å². The fourth-order valence-electron chi connectivity index (χ4n) is 1.87. The van der Waals surface area contributed by atoms with E-state index in [0.29, 0.717) is 5.69 Å². The van der Waals surface area contributed by atoms with Gasteiger partial charge in [0, 0.05) is 11.6 Å². The van der Waals surface area contributed by atoms with E-state index >= 15 is 0 Å². The quantitative estimate of drug-likeness (QED) is 0.944. The summed E-state index contributed by atoms with van der Waals surface area (Å²) in [5.74, 6) is -0.645. The Morgan fingerprint density at radius 2 is 2.10 bits per heavy atom. The average molecular weight is 298 g/mol. The van der Waals surface area contributed by atoms with E-state index in [9.17, 15) is 18.0 Å². The maximum absolute atomic E-state index is 11.9. The summed E-state index contributed by atoms with van der Waals surface area (Å²) < 4.78 is 40.1. The second-order valence-electron chi connectivity index (χ2n) is 4.49. The molecule has 0 aliphatic carbocycles. The molecule has 1 aromatic heterocycles. The van der Waals surface area contributed by atoms with Crippen molar-refractivity contribution in [2.45, 2.75) is 13.1 Å². The maximum atomic E-state index is 11.9. The number of benzene rings is 1. The lowest BCUT2D eigenvalue weighted by Gasteiger charge is -2.11. The van der Waals surface area contributed by atoms with Crippen molar-refractivity contribution in [1.29, 1.82) is 0 Å². The van der Waals surface area contributed by atoms with Crippen molar-refractivity contribution >= 4 is 22.5 Å². The van der Waals surface area contributed by atoms with Gasteiger partial charge >= 0.3 is 6.18 Å². The fourth-order valence-corrected chi connectivity index (χ4v) is 1.87. The Hall–Kier alpha value is -2.15. The Balaban J connectivity index is 2.06. The first-order valence-corrected chi connectivity index (χ1v) is 6.15. The van der Waals surface area contributed by atoms with Crippen LogP contribution in [0.5, 0.6) is 0 Å². The highest BCUT2D eigenvalue weighted by molar-refractivity contribution is 6.02. The van der Waals surface area contributed by atoms with E-state index < -0.39 is 25.3 Å². The van der Waals surface area contributed by atoms with Crippen LogP contribution in [0, 0.1) is 6.92 Å². The highest BCUT2D eigenvalue weighted by Crippen LogP contribution is 2.24. The summed E-state index contributed by atoms with van der Waals surface area (Å²) in [4.78, 5) is 15.8. The molecule has 2 rings (SSSR count). The number of rotatable bonds is 4. The molecule has 0 aliphatic heterocycles. The summed E-state index contributed by atoms with van der Waals surface area (Å²) in [6, 6.07) is 6.96. The Labute approximate surface area is 118 Å². The van der Waals surface area contributed by atoms with Gasteiger partial charge in [-0.2, -0.15) is 13.2 Å². The molecule has 112 valence electrons. The monoisotopic (exact) mass is 298 g/mol. The Kier molecular flexibility index (Phi) is 4.42. The minimum absolute atomic E-state index is 0.490. The Morgan fingerprint density at radius 1 is 1.33 bits per heavy atom. The standard InChI is InChI=1S/C14H13F3N2O2/c1-9-4-5-11(10-3-2-6-18-13(9)10)19-12(20)7-21-8-14(15,16)17/h2-6H,7-8H2,1H3,(H,19,20). The first-order valence-electron chi connectivity index (χ1n) is 6.15. The number of aromatic nitrogens is 1. The summed E-state index contributed by atoms with van der Waals surface area (Å²) in [6.45, 7) is -0.223. The lowest BCUT2D eigenvalue weighted by molar-refractivity contribution is -0.174. The van der Waals surface area contributed by atoms with Crippen LogP contribution in [0.2, 0.25) is 0 Å². The number of aryl methyl sites for hydroxylation is 1. The summed E-state index contributed by atoms with van der Waals surface area (Å²) in [7, 11) is 0. The van der Waals surface area contributed by atoms with Gasteiger partial charge in [-0.25, -0.2) is 0 Å². The predicted molar refractivity (Wildman–Crippen MR) is 72.0 cm³/mol. The molecule has 1 heterocycles. The van der Waals surface area contributed by atoms with E-state index in [1.54, 1.807) is 30.5 Å². The molecule has 0 radical (unpaired) electrons. The van der Waals surface area contributed by atoms with Crippen LogP contribution in [0.4, 0.5) is 18.9 Å². The molecule has 0 atom stereocenters. The van der Waals surface area contributed by atoms with E-state index in [1.165, 1.54) is 0 Å². The highest BCUT2D eigenvalue weighted by atomic mass is 19.4. The molecule has 0 saturated carbocycles. The van der Waals surface area contributed by atoms with E-state index in [2.05, 4.69) is 15.0 Å². The van der Waals surface area contributed by atoms with Gasteiger partial charge < -0.3 is 10.1 Å². The summed E-state index contributed by atoms with van der Waals surface area (Å²) >= 11 is 0. The molecule has 0 bridgehead atoms. The molecule has 21 heavy (non-hydrogen) atoms. The zero-order valence-corrected chi connectivity index (χ0v) is 11.2. The number of hydrogen-bond acceptors (Lipinski definition) is 3. The molecule has 0 saturated heterocycles. The minimum atomic E-state index is -4.44. The Morgan fingerprint density at radius 3 is 2.81 bits per heavy atom. The third kappa shape index (κ3) is 4.16. The number of alkyl halides is 3. The number of ether oxygens (including phenoxy) is 1. The van der Waals surface area contributed by atoms with Gasteiger partial charge in [-0.05, 0) is 30.7 Å². The largest absolute Gasteiger partial charge is 0.411 e. The van der Waals surface area contributed by atoms with Crippen LogP contribution in [0.3, 0.4) is 0 Å². The smallest absolute Gasteiger partial charge is 0.362 e. The zero-order valence-electron chi connectivity index (χ0n) is 11.2. The van der Waals surface area contributed by atoms with Crippen molar-refractivity contribution in [3.05, 3.63) is 36.0 Å². The van der Waals surface area contributed by atoms with Crippen molar-refractivity contribution in [3.63, 3.8) is 0 Å². The van der Waals surface area contributed by atoms with E-state index in [1.807, 2.05) is 6.92 Å². The lowest BCUT2D eigenvalue weighted by atomic mass is 10.1. The number of anilines is 1. The number of carbonyl (C=O) groups excluding carboxylic acids is 1. The molecule has 2 aromatic rings. The molecule has 1 amide bonds. The molecule has 4 nitrogen and oxygen atoms in total. The van der Waals surface area contributed by atoms with Crippen LogP contribution in [0.15, 0.2) is 30.5 Å². The molecule has 1 N–H and O–H groups in total. The Bertz CT molecular complexity index is 656. The van der Waals surface area contributed by atoms with Gasteiger partial charge in [0.05, 0.1) is 11.2 Å². The summed E-state index contributed by atoms with van der Waals surface area (Å²) in [6.07, 6.45) is -2.81. The number of amides is 1. The zero-order chi connectivity index (χ0) is 15.5. The van der Waals surface area contributed by atoms with Crippen LogP contribution >= 0.6 is 0 Å². The lowest BCUT2D eigenvalue weighted by Crippen LogP contribution is -2.24. The van der Waals surface area contributed by atoms with E-state index in [-0.39, 0.29) is 0 Å². The highest BCUT2D eigenvalue weighted by Gasteiger charge is 2.27. The predicted octanol–water partition coefficient (Wildman–Crippen LogP) is 3.06. The molecular weight excluding hydrogens is 285 g/mol. The van der Waals surface area contributed by atoms with Crippen molar-refractivity contribution in [2.24, 2.45) is 0 Å². The van der Waals surface area contributed by atoms with Crippen LogP contribution in [-0.4, -0.2) is 30.3 Å². The first-order chi connectivity index (χ1) is 9.87.